The lowest BCUT2D eigenvalue weighted by Crippen LogP contribution is -2.56. The van der Waals surface area contributed by atoms with Gasteiger partial charge in [0.1, 0.15) is 0 Å². The molecule has 0 fully saturated rings. The van der Waals surface area contributed by atoms with E-state index in [1.165, 1.54) is 0 Å². The molecule has 0 saturated carbocycles. The Labute approximate surface area is 170 Å². The fourth-order valence-electron chi connectivity index (χ4n) is 3.14. The van der Waals surface area contributed by atoms with Crippen LogP contribution in [0, 0.1) is 5.41 Å². The van der Waals surface area contributed by atoms with Gasteiger partial charge in [0.05, 0.1) is 12.1 Å². The minimum atomic E-state index is -0.507. The Morgan fingerprint density at radius 2 is 1.57 bits per heavy atom. The second-order valence-electron chi connectivity index (χ2n) is 9.60. The normalized spacial score (nSPS) is 14.4. The lowest BCUT2D eigenvalue weighted by molar-refractivity contribution is -0.133. The molecular weight excluding hydrogens is 350 g/mol. The van der Waals surface area contributed by atoms with Crippen molar-refractivity contribution in [2.45, 2.75) is 84.8 Å². The van der Waals surface area contributed by atoms with E-state index in [2.05, 4.69) is 10.6 Å². The Bertz CT molecular complexity index is 615. The molecular formula is C23H39N3O2. The Morgan fingerprint density at radius 3 is 2.07 bits per heavy atom. The standard InChI is InChI=1S/C23H39N3O2/c1-22(2,3)20(27)18(14-10-11-15-24)25-21(28)19(26-23(4,5)6)16-17-12-8-7-9-13-17/h7-9,12-13,18-19,26H,10-11,14-16,24H2,1-6H3,(H,25,28). The molecule has 1 aromatic rings. The number of hydrogen-bond acceptors (Lipinski definition) is 4. The monoisotopic (exact) mass is 389 g/mol. The zero-order valence-corrected chi connectivity index (χ0v) is 18.5. The second kappa shape index (κ2) is 10.7. The number of hydrogen-bond donors (Lipinski definition) is 3. The van der Waals surface area contributed by atoms with Gasteiger partial charge in [0.2, 0.25) is 5.91 Å². The average molecular weight is 390 g/mol. The summed E-state index contributed by atoms with van der Waals surface area (Å²) in [5, 5.41) is 6.44. The quantitative estimate of drug-likeness (QED) is 0.537. The highest BCUT2D eigenvalue weighted by Gasteiger charge is 2.33. The number of carbonyl (C=O) groups excluding carboxylic acids is 2. The zero-order chi connectivity index (χ0) is 21.4. The van der Waals surface area contributed by atoms with E-state index in [4.69, 9.17) is 5.73 Å². The Hall–Kier alpha value is -1.72. The molecule has 0 aliphatic carbocycles. The Kier molecular flexibility index (Phi) is 9.31. The van der Waals surface area contributed by atoms with Gasteiger partial charge in [-0.15, -0.1) is 0 Å². The Balaban J connectivity index is 2.97. The van der Waals surface area contributed by atoms with E-state index in [1.54, 1.807) is 0 Å². The van der Waals surface area contributed by atoms with Crippen LogP contribution in [0.15, 0.2) is 30.3 Å². The van der Waals surface area contributed by atoms with Crippen molar-refractivity contribution in [2.24, 2.45) is 11.1 Å². The van der Waals surface area contributed by atoms with Gasteiger partial charge in [0.15, 0.2) is 5.78 Å². The maximum Gasteiger partial charge on any atom is 0.238 e. The van der Waals surface area contributed by atoms with Gasteiger partial charge in [-0.25, -0.2) is 0 Å². The van der Waals surface area contributed by atoms with Crippen molar-refractivity contribution in [3.8, 4) is 0 Å². The number of ketones is 1. The SMILES string of the molecule is CC(C)(C)NC(Cc1ccccc1)C(=O)NC(CCCCN)C(=O)C(C)(C)C. The van der Waals surface area contributed by atoms with Crippen LogP contribution >= 0.6 is 0 Å². The van der Waals surface area contributed by atoms with Crippen molar-refractivity contribution in [2.75, 3.05) is 6.54 Å². The number of Topliss-reactive ketones (excluding diaryl/α,β-unsaturated/α-hetero) is 1. The zero-order valence-electron chi connectivity index (χ0n) is 18.5. The Morgan fingerprint density at radius 1 is 0.964 bits per heavy atom. The number of carbonyl (C=O) groups is 2. The van der Waals surface area contributed by atoms with Crippen LogP contribution in [0.25, 0.3) is 0 Å². The summed E-state index contributed by atoms with van der Waals surface area (Å²) in [5.74, 6) is -0.0683. The molecule has 5 nitrogen and oxygen atoms in total. The van der Waals surface area contributed by atoms with Crippen LogP contribution in [0.1, 0.15) is 66.4 Å². The molecule has 28 heavy (non-hydrogen) atoms. The van der Waals surface area contributed by atoms with Crippen LogP contribution in [0.4, 0.5) is 0 Å². The predicted octanol–water partition coefficient (Wildman–Crippen LogP) is 3.21. The summed E-state index contributed by atoms with van der Waals surface area (Å²) in [6.45, 7) is 12.4. The molecule has 0 saturated heterocycles. The van der Waals surface area contributed by atoms with Gasteiger partial charge in [-0.1, -0.05) is 51.1 Å². The molecule has 1 rings (SSSR count). The molecule has 1 aromatic carbocycles. The molecule has 0 aliphatic rings. The van der Waals surface area contributed by atoms with Gasteiger partial charge in [0.25, 0.3) is 0 Å². The van der Waals surface area contributed by atoms with E-state index < -0.39 is 17.5 Å². The third-order valence-corrected chi connectivity index (χ3v) is 4.53. The number of benzene rings is 1. The summed E-state index contributed by atoms with van der Waals surface area (Å²) in [7, 11) is 0. The van der Waals surface area contributed by atoms with E-state index in [0.717, 1.165) is 18.4 Å². The highest BCUT2D eigenvalue weighted by atomic mass is 16.2. The van der Waals surface area contributed by atoms with Crippen LogP contribution in [0.5, 0.6) is 0 Å². The van der Waals surface area contributed by atoms with E-state index in [1.807, 2.05) is 71.9 Å². The maximum atomic E-state index is 13.1. The van der Waals surface area contributed by atoms with E-state index in [9.17, 15) is 9.59 Å². The van der Waals surface area contributed by atoms with Crippen LogP contribution in [-0.2, 0) is 16.0 Å². The van der Waals surface area contributed by atoms with Crippen molar-refractivity contribution in [3.05, 3.63) is 35.9 Å². The average Bonchev–Trinajstić information content (AvgIpc) is 2.58. The van der Waals surface area contributed by atoms with Crippen molar-refractivity contribution < 1.29 is 9.59 Å². The van der Waals surface area contributed by atoms with E-state index in [0.29, 0.717) is 19.4 Å². The summed E-state index contributed by atoms with van der Waals surface area (Å²) >= 11 is 0. The number of nitrogens with one attached hydrogen (secondary N) is 2. The summed E-state index contributed by atoms with van der Waals surface area (Å²) in [4.78, 5) is 26.0. The first-order valence-electron chi connectivity index (χ1n) is 10.3. The van der Waals surface area contributed by atoms with Gasteiger partial charge >= 0.3 is 0 Å². The predicted molar refractivity (Wildman–Crippen MR) is 116 cm³/mol. The van der Waals surface area contributed by atoms with Crippen LogP contribution < -0.4 is 16.4 Å². The highest BCUT2D eigenvalue weighted by molar-refractivity contribution is 5.93. The number of amides is 1. The first-order chi connectivity index (χ1) is 12.9. The molecule has 0 heterocycles. The van der Waals surface area contributed by atoms with Crippen molar-refractivity contribution in [1.82, 2.24) is 10.6 Å². The first kappa shape index (κ1) is 24.3. The van der Waals surface area contributed by atoms with Gasteiger partial charge in [-0.3, -0.25) is 9.59 Å². The minimum absolute atomic E-state index is 0.0621. The van der Waals surface area contributed by atoms with Crippen molar-refractivity contribution in [1.29, 1.82) is 0 Å². The molecule has 5 heteroatoms. The van der Waals surface area contributed by atoms with Crippen LogP contribution in [-0.4, -0.2) is 35.9 Å². The van der Waals surface area contributed by atoms with Crippen LogP contribution in [0.2, 0.25) is 0 Å². The third-order valence-electron chi connectivity index (χ3n) is 4.53. The van der Waals surface area contributed by atoms with Gasteiger partial charge in [-0.05, 0) is 58.6 Å². The largest absolute Gasteiger partial charge is 0.345 e. The van der Waals surface area contributed by atoms with E-state index >= 15 is 0 Å². The topological polar surface area (TPSA) is 84.2 Å². The van der Waals surface area contributed by atoms with Crippen LogP contribution in [0.3, 0.4) is 0 Å². The fraction of sp³-hybridized carbons (Fsp3) is 0.652. The van der Waals surface area contributed by atoms with Crippen molar-refractivity contribution >= 4 is 11.7 Å². The number of nitrogens with two attached hydrogens (primary N) is 1. The molecule has 0 aromatic heterocycles. The molecule has 2 atom stereocenters. The summed E-state index contributed by atoms with van der Waals surface area (Å²) < 4.78 is 0. The molecule has 158 valence electrons. The molecule has 1 amide bonds. The van der Waals surface area contributed by atoms with Gasteiger partial charge in [0, 0.05) is 11.0 Å². The molecule has 2 unspecified atom stereocenters. The lowest BCUT2D eigenvalue weighted by atomic mass is 9.84. The summed E-state index contributed by atoms with van der Waals surface area (Å²) in [5.41, 5.74) is 5.95. The van der Waals surface area contributed by atoms with E-state index in [-0.39, 0.29) is 17.2 Å². The summed E-state index contributed by atoms with van der Waals surface area (Å²) in [6, 6.07) is 9.05. The third kappa shape index (κ3) is 8.98. The van der Waals surface area contributed by atoms with Gasteiger partial charge in [-0.2, -0.15) is 0 Å². The number of rotatable bonds is 10. The van der Waals surface area contributed by atoms with Crippen molar-refractivity contribution in [3.63, 3.8) is 0 Å². The fourth-order valence-corrected chi connectivity index (χ4v) is 3.14. The smallest absolute Gasteiger partial charge is 0.238 e. The second-order valence-corrected chi connectivity index (χ2v) is 9.60. The lowest BCUT2D eigenvalue weighted by Gasteiger charge is -2.31. The molecule has 0 bridgehead atoms. The number of unbranched alkanes of at least 4 members (excludes halogenated alkanes) is 1. The van der Waals surface area contributed by atoms with Gasteiger partial charge < -0.3 is 16.4 Å². The maximum absolute atomic E-state index is 13.1. The molecule has 0 aliphatic heterocycles. The first-order valence-corrected chi connectivity index (χ1v) is 10.3. The molecule has 0 radical (unpaired) electrons. The highest BCUT2D eigenvalue weighted by Crippen LogP contribution is 2.20. The minimum Gasteiger partial charge on any atom is -0.345 e. The molecule has 0 spiro atoms. The molecule has 4 N–H and O–H groups in total. The summed E-state index contributed by atoms with van der Waals surface area (Å²) in [6.07, 6.45) is 2.85.